The first-order valence-corrected chi connectivity index (χ1v) is 8.36. The number of hydrogen-bond donors (Lipinski definition) is 1. The summed E-state index contributed by atoms with van der Waals surface area (Å²) in [7, 11) is 1.82. The standard InChI is InChI=1S/C17H12N6OS/c1-23-8-10(7-19-23)17-22-14(9-25-17)15(24)11(6-18)16-20-12-4-2-3-5-13(12)21-16/h2-5,7-9,11H,1H3,(H,20,21)/t11-/m0/s1. The monoisotopic (exact) mass is 348 g/mol. The molecule has 0 saturated carbocycles. The molecule has 1 N–H and O–H groups in total. The Hall–Kier alpha value is -3.31. The van der Waals surface area contributed by atoms with Gasteiger partial charge in [-0.15, -0.1) is 11.3 Å². The summed E-state index contributed by atoms with van der Waals surface area (Å²) in [5, 5.41) is 16.0. The number of imidazole rings is 1. The summed E-state index contributed by atoms with van der Waals surface area (Å²) >= 11 is 1.35. The van der Waals surface area contributed by atoms with Gasteiger partial charge in [0.1, 0.15) is 16.5 Å². The second kappa shape index (κ2) is 5.96. The van der Waals surface area contributed by atoms with Crippen molar-refractivity contribution in [3.8, 4) is 16.6 Å². The molecule has 122 valence electrons. The highest BCUT2D eigenvalue weighted by Gasteiger charge is 2.27. The summed E-state index contributed by atoms with van der Waals surface area (Å²) in [5.74, 6) is -1.05. The summed E-state index contributed by atoms with van der Waals surface area (Å²) in [6.45, 7) is 0. The van der Waals surface area contributed by atoms with Crippen molar-refractivity contribution in [2.24, 2.45) is 7.05 Å². The van der Waals surface area contributed by atoms with Crippen molar-refractivity contribution < 1.29 is 4.79 Å². The summed E-state index contributed by atoms with van der Waals surface area (Å²) in [6.07, 6.45) is 3.52. The summed E-state index contributed by atoms with van der Waals surface area (Å²) in [4.78, 5) is 24.5. The van der Waals surface area contributed by atoms with Crippen LogP contribution in [0.15, 0.2) is 42.0 Å². The lowest BCUT2D eigenvalue weighted by atomic mass is 10.0. The number of nitrogens with one attached hydrogen (secondary N) is 1. The van der Waals surface area contributed by atoms with Crippen molar-refractivity contribution in [3.05, 3.63) is 53.6 Å². The first kappa shape index (κ1) is 15.2. The molecule has 0 saturated heterocycles. The predicted molar refractivity (Wildman–Crippen MR) is 93.1 cm³/mol. The molecule has 0 aliphatic carbocycles. The molecule has 7 nitrogen and oxygen atoms in total. The van der Waals surface area contributed by atoms with E-state index in [1.165, 1.54) is 11.3 Å². The molecule has 8 heteroatoms. The topological polar surface area (TPSA) is 100 Å². The summed E-state index contributed by atoms with van der Waals surface area (Å²) in [6, 6.07) is 9.45. The number of thiazole rings is 1. The molecular weight excluding hydrogens is 336 g/mol. The number of hydrogen-bond acceptors (Lipinski definition) is 6. The van der Waals surface area contributed by atoms with Crippen LogP contribution in [0.1, 0.15) is 22.2 Å². The fourth-order valence-electron chi connectivity index (χ4n) is 2.55. The number of benzene rings is 1. The molecule has 0 spiro atoms. The van der Waals surface area contributed by atoms with E-state index in [1.807, 2.05) is 43.6 Å². The molecule has 4 aromatic rings. The van der Waals surface area contributed by atoms with E-state index in [0.29, 0.717) is 10.8 Å². The zero-order valence-electron chi connectivity index (χ0n) is 13.2. The lowest BCUT2D eigenvalue weighted by Gasteiger charge is -2.02. The molecule has 25 heavy (non-hydrogen) atoms. The first-order chi connectivity index (χ1) is 12.2. The molecule has 3 aromatic heterocycles. The van der Waals surface area contributed by atoms with Crippen molar-refractivity contribution in [2.45, 2.75) is 5.92 Å². The number of nitrogens with zero attached hydrogens (tertiary/aromatic N) is 5. The van der Waals surface area contributed by atoms with E-state index in [2.05, 4.69) is 20.1 Å². The maximum absolute atomic E-state index is 12.7. The second-order valence-corrected chi connectivity index (χ2v) is 6.36. The largest absolute Gasteiger partial charge is 0.340 e. The Morgan fingerprint density at radius 3 is 2.92 bits per heavy atom. The Balaban J connectivity index is 1.66. The van der Waals surface area contributed by atoms with E-state index in [1.54, 1.807) is 16.3 Å². The third-order valence-electron chi connectivity index (χ3n) is 3.78. The van der Waals surface area contributed by atoms with Gasteiger partial charge >= 0.3 is 0 Å². The Kier molecular flexibility index (Phi) is 3.63. The normalized spacial score (nSPS) is 12.2. The Labute approximate surface area is 146 Å². The number of para-hydroxylation sites is 2. The molecule has 0 radical (unpaired) electrons. The molecule has 0 aliphatic heterocycles. The predicted octanol–water partition coefficient (Wildman–Crippen LogP) is 2.91. The van der Waals surface area contributed by atoms with Gasteiger partial charge in [-0.3, -0.25) is 9.48 Å². The van der Waals surface area contributed by atoms with Gasteiger partial charge in [-0.25, -0.2) is 9.97 Å². The SMILES string of the molecule is Cn1cc(-c2nc(C(=O)[C@H](C#N)c3nc4ccccc4[nH]3)cs2)cn1. The van der Waals surface area contributed by atoms with Gasteiger partial charge in [-0.2, -0.15) is 10.4 Å². The first-order valence-electron chi connectivity index (χ1n) is 7.48. The van der Waals surface area contributed by atoms with E-state index < -0.39 is 5.92 Å². The van der Waals surface area contributed by atoms with Gasteiger partial charge in [0.05, 0.1) is 23.3 Å². The van der Waals surface area contributed by atoms with Gasteiger partial charge in [0.25, 0.3) is 0 Å². The van der Waals surface area contributed by atoms with Crippen LogP contribution in [0.3, 0.4) is 0 Å². The van der Waals surface area contributed by atoms with Crippen LogP contribution in [0.2, 0.25) is 0 Å². The van der Waals surface area contributed by atoms with Crippen LogP contribution < -0.4 is 0 Å². The number of rotatable bonds is 4. The Bertz CT molecular complexity index is 1080. The zero-order chi connectivity index (χ0) is 17.4. The number of aryl methyl sites for hydroxylation is 1. The summed E-state index contributed by atoms with van der Waals surface area (Å²) in [5.41, 5.74) is 2.61. The molecule has 0 amide bonds. The second-order valence-electron chi connectivity index (χ2n) is 5.51. The molecule has 0 fully saturated rings. The highest BCUT2D eigenvalue weighted by atomic mass is 32.1. The highest BCUT2D eigenvalue weighted by Crippen LogP contribution is 2.26. The Morgan fingerprint density at radius 2 is 2.20 bits per heavy atom. The quantitative estimate of drug-likeness (QED) is 0.572. The zero-order valence-corrected chi connectivity index (χ0v) is 14.0. The van der Waals surface area contributed by atoms with Crippen molar-refractivity contribution in [2.75, 3.05) is 0 Å². The van der Waals surface area contributed by atoms with E-state index in [4.69, 9.17) is 0 Å². The lowest BCUT2D eigenvalue weighted by Crippen LogP contribution is -2.13. The maximum atomic E-state index is 12.7. The molecule has 0 aliphatic rings. The number of fused-ring (bicyclic) bond motifs is 1. The minimum Gasteiger partial charge on any atom is -0.340 e. The fraction of sp³-hybridized carbons (Fsp3) is 0.118. The van der Waals surface area contributed by atoms with Crippen LogP contribution in [0.25, 0.3) is 21.6 Å². The minimum absolute atomic E-state index is 0.260. The van der Waals surface area contributed by atoms with Gasteiger partial charge in [-0.1, -0.05) is 12.1 Å². The van der Waals surface area contributed by atoms with E-state index >= 15 is 0 Å². The number of Topliss-reactive ketones (excluding diaryl/α,β-unsaturated/α-hetero) is 1. The van der Waals surface area contributed by atoms with E-state index in [9.17, 15) is 10.1 Å². The van der Waals surface area contributed by atoms with Crippen LogP contribution in [0.5, 0.6) is 0 Å². The molecule has 0 unspecified atom stereocenters. The molecule has 1 atom stereocenters. The summed E-state index contributed by atoms with van der Waals surface area (Å²) < 4.78 is 1.67. The van der Waals surface area contributed by atoms with Crippen LogP contribution in [0.4, 0.5) is 0 Å². The van der Waals surface area contributed by atoms with Gasteiger partial charge < -0.3 is 4.98 Å². The number of ketones is 1. The number of aromatic amines is 1. The Morgan fingerprint density at radius 1 is 1.36 bits per heavy atom. The number of nitriles is 1. The average molecular weight is 348 g/mol. The maximum Gasteiger partial charge on any atom is 0.206 e. The third-order valence-corrected chi connectivity index (χ3v) is 4.67. The number of H-pyrrole nitrogens is 1. The van der Waals surface area contributed by atoms with Crippen molar-refractivity contribution in [1.29, 1.82) is 5.26 Å². The molecule has 0 bridgehead atoms. The number of aromatic nitrogens is 5. The highest BCUT2D eigenvalue weighted by molar-refractivity contribution is 7.13. The van der Waals surface area contributed by atoms with Crippen molar-refractivity contribution in [3.63, 3.8) is 0 Å². The number of carbonyl (C=O) groups is 1. The van der Waals surface area contributed by atoms with Crippen molar-refractivity contribution in [1.82, 2.24) is 24.7 Å². The van der Waals surface area contributed by atoms with E-state index in [-0.39, 0.29) is 11.5 Å². The molecule has 1 aromatic carbocycles. The lowest BCUT2D eigenvalue weighted by molar-refractivity contribution is 0.0972. The van der Waals surface area contributed by atoms with Crippen LogP contribution in [0, 0.1) is 11.3 Å². The fourth-order valence-corrected chi connectivity index (χ4v) is 3.34. The van der Waals surface area contributed by atoms with Gasteiger partial charge in [0, 0.05) is 24.2 Å². The van der Waals surface area contributed by atoms with Gasteiger partial charge in [0.15, 0.2) is 5.92 Å². The van der Waals surface area contributed by atoms with Crippen molar-refractivity contribution >= 4 is 28.2 Å². The minimum atomic E-state index is -1.02. The third kappa shape index (κ3) is 2.70. The smallest absolute Gasteiger partial charge is 0.206 e. The van der Waals surface area contributed by atoms with Gasteiger partial charge in [-0.05, 0) is 12.1 Å². The van der Waals surface area contributed by atoms with Crippen LogP contribution >= 0.6 is 11.3 Å². The molecule has 3 heterocycles. The van der Waals surface area contributed by atoms with Crippen LogP contribution in [-0.4, -0.2) is 30.5 Å². The van der Waals surface area contributed by atoms with Gasteiger partial charge in [0.2, 0.25) is 5.78 Å². The van der Waals surface area contributed by atoms with Crippen LogP contribution in [-0.2, 0) is 7.05 Å². The average Bonchev–Trinajstić information content (AvgIpc) is 3.33. The van der Waals surface area contributed by atoms with E-state index in [0.717, 1.165) is 16.6 Å². The number of carbonyl (C=O) groups excluding carboxylic acids is 1. The molecule has 4 rings (SSSR count). The molecular formula is C17H12N6OS.